The van der Waals surface area contributed by atoms with Crippen molar-refractivity contribution in [2.75, 3.05) is 10.5 Å². The molecular formula is C16H14N4O2S. The zero-order valence-electron chi connectivity index (χ0n) is 12.4. The van der Waals surface area contributed by atoms with E-state index in [1.807, 2.05) is 18.2 Å². The van der Waals surface area contributed by atoms with Gasteiger partial charge in [-0.15, -0.1) is 0 Å². The van der Waals surface area contributed by atoms with Crippen molar-refractivity contribution in [1.82, 2.24) is 9.97 Å². The molecule has 2 N–H and O–H groups in total. The van der Waals surface area contributed by atoms with Crippen LogP contribution >= 0.6 is 0 Å². The SMILES string of the molecule is CCS(=O)(=O)Nc1ccc(-c2ccnc3[nH]ccc23)cc1C#N. The van der Waals surface area contributed by atoms with Crippen LogP contribution in [0.2, 0.25) is 0 Å². The second-order valence-electron chi connectivity index (χ2n) is 4.98. The van der Waals surface area contributed by atoms with E-state index in [1.54, 1.807) is 37.5 Å². The molecule has 0 aliphatic rings. The molecule has 0 aliphatic heterocycles. The number of nitriles is 1. The Balaban J connectivity index is 2.10. The monoisotopic (exact) mass is 326 g/mol. The van der Waals surface area contributed by atoms with Crippen LogP contribution in [-0.4, -0.2) is 24.1 Å². The van der Waals surface area contributed by atoms with Gasteiger partial charge in [0.1, 0.15) is 11.7 Å². The van der Waals surface area contributed by atoms with E-state index in [4.69, 9.17) is 0 Å². The first-order valence-electron chi connectivity index (χ1n) is 7.01. The van der Waals surface area contributed by atoms with E-state index in [0.29, 0.717) is 0 Å². The number of hydrogen-bond acceptors (Lipinski definition) is 4. The molecule has 0 unspecified atom stereocenters. The van der Waals surface area contributed by atoms with E-state index in [-0.39, 0.29) is 17.0 Å². The first-order chi connectivity index (χ1) is 11.0. The number of sulfonamides is 1. The second-order valence-corrected chi connectivity index (χ2v) is 6.99. The minimum absolute atomic E-state index is 0.0477. The predicted molar refractivity (Wildman–Crippen MR) is 89.3 cm³/mol. The Labute approximate surface area is 133 Å². The van der Waals surface area contributed by atoms with Crippen LogP contribution in [0.5, 0.6) is 0 Å². The summed E-state index contributed by atoms with van der Waals surface area (Å²) in [4.78, 5) is 7.28. The van der Waals surface area contributed by atoms with E-state index < -0.39 is 10.0 Å². The molecule has 7 heteroatoms. The Hall–Kier alpha value is -2.85. The minimum Gasteiger partial charge on any atom is -0.346 e. The molecule has 0 amide bonds. The summed E-state index contributed by atoms with van der Waals surface area (Å²) in [5.74, 6) is -0.0477. The third kappa shape index (κ3) is 2.89. The third-order valence-electron chi connectivity index (χ3n) is 3.56. The molecule has 6 nitrogen and oxygen atoms in total. The van der Waals surface area contributed by atoms with Crippen LogP contribution in [0, 0.1) is 11.3 Å². The highest BCUT2D eigenvalue weighted by Gasteiger charge is 2.13. The average Bonchev–Trinajstić information content (AvgIpc) is 3.03. The van der Waals surface area contributed by atoms with Crippen LogP contribution in [0.1, 0.15) is 12.5 Å². The molecule has 3 aromatic rings. The molecule has 0 aliphatic carbocycles. The summed E-state index contributed by atoms with van der Waals surface area (Å²) in [5.41, 5.74) is 3.08. The Bertz CT molecular complexity index is 1020. The van der Waals surface area contributed by atoms with Gasteiger partial charge in [-0.3, -0.25) is 4.72 Å². The number of nitrogens with one attached hydrogen (secondary N) is 2. The van der Waals surface area contributed by atoms with Gasteiger partial charge < -0.3 is 4.98 Å². The Kier molecular flexibility index (Phi) is 3.76. The molecule has 2 aromatic heterocycles. The van der Waals surface area contributed by atoms with E-state index in [2.05, 4.69) is 14.7 Å². The van der Waals surface area contributed by atoms with Crippen LogP contribution in [-0.2, 0) is 10.0 Å². The molecule has 116 valence electrons. The number of rotatable bonds is 4. The number of aromatic amines is 1. The van der Waals surface area contributed by atoms with Gasteiger partial charge in [0.25, 0.3) is 0 Å². The van der Waals surface area contributed by atoms with Gasteiger partial charge in [-0.05, 0) is 42.3 Å². The molecule has 0 spiro atoms. The van der Waals surface area contributed by atoms with Crippen molar-refractivity contribution in [3.05, 3.63) is 48.3 Å². The average molecular weight is 326 g/mol. The smallest absolute Gasteiger partial charge is 0.232 e. The van der Waals surface area contributed by atoms with Crippen molar-refractivity contribution in [3.8, 4) is 17.2 Å². The molecule has 0 bridgehead atoms. The lowest BCUT2D eigenvalue weighted by molar-refractivity contribution is 0.602. The van der Waals surface area contributed by atoms with Crippen LogP contribution in [0.3, 0.4) is 0 Å². The number of benzene rings is 1. The second kappa shape index (κ2) is 5.74. The molecular weight excluding hydrogens is 312 g/mol. The van der Waals surface area contributed by atoms with Gasteiger partial charge in [0.15, 0.2) is 0 Å². The molecule has 1 aromatic carbocycles. The number of aromatic nitrogens is 2. The molecule has 0 fully saturated rings. The summed E-state index contributed by atoms with van der Waals surface area (Å²) in [6.45, 7) is 1.54. The Morgan fingerprint density at radius 3 is 2.87 bits per heavy atom. The maximum atomic E-state index is 11.7. The molecule has 0 saturated carbocycles. The normalized spacial score (nSPS) is 11.3. The lowest BCUT2D eigenvalue weighted by atomic mass is 10.0. The maximum Gasteiger partial charge on any atom is 0.232 e. The highest BCUT2D eigenvalue weighted by molar-refractivity contribution is 7.92. The fourth-order valence-electron chi connectivity index (χ4n) is 2.35. The summed E-state index contributed by atoms with van der Waals surface area (Å²) in [5, 5.41) is 10.3. The van der Waals surface area contributed by atoms with Crippen LogP contribution in [0.4, 0.5) is 5.69 Å². The van der Waals surface area contributed by atoms with Crippen molar-refractivity contribution in [3.63, 3.8) is 0 Å². The fraction of sp³-hybridized carbons (Fsp3) is 0.125. The van der Waals surface area contributed by atoms with Gasteiger partial charge in [0.2, 0.25) is 10.0 Å². The summed E-state index contributed by atoms with van der Waals surface area (Å²) in [6, 6.07) is 10.9. The van der Waals surface area contributed by atoms with Gasteiger partial charge in [-0.2, -0.15) is 5.26 Å². The van der Waals surface area contributed by atoms with Crippen LogP contribution in [0.15, 0.2) is 42.7 Å². The Morgan fingerprint density at radius 2 is 2.13 bits per heavy atom. The summed E-state index contributed by atoms with van der Waals surface area (Å²) in [6.07, 6.45) is 3.49. The number of nitrogens with zero attached hydrogens (tertiary/aromatic N) is 2. The number of hydrogen-bond donors (Lipinski definition) is 2. The quantitative estimate of drug-likeness (QED) is 0.770. The third-order valence-corrected chi connectivity index (χ3v) is 4.85. The number of H-pyrrole nitrogens is 1. The van der Waals surface area contributed by atoms with Gasteiger partial charge in [-0.1, -0.05) is 6.07 Å². The van der Waals surface area contributed by atoms with Gasteiger partial charge >= 0.3 is 0 Å². The molecule has 2 heterocycles. The molecule has 23 heavy (non-hydrogen) atoms. The van der Waals surface area contributed by atoms with Crippen molar-refractivity contribution >= 4 is 26.7 Å². The van der Waals surface area contributed by atoms with E-state index in [0.717, 1.165) is 22.2 Å². The summed E-state index contributed by atoms with van der Waals surface area (Å²) in [7, 11) is -3.42. The number of pyridine rings is 1. The zero-order valence-corrected chi connectivity index (χ0v) is 13.2. The van der Waals surface area contributed by atoms with Crippen LogP contribution in [0.25, 0.3) is 22.2 Å². The van der Waals surface area contributed by atoms with Crippen molar-refractivity contribution < 1.29 is 8.42 Å². The topological polar surface area (TPSA) is 98.6 Å². The fourth-order valence-corrected chi connectivity index (χ4v) is 3.00. The molecule has 0 saturated heterocycles. The highest BCUT2D eigenvalue weighted by atomic mass is 32.2. The first-order valence-corrected chi connectivity index (χ1v) is 8.66. The van der Waals surface area contributed by atoms with E-state index >= 15 is 0 Å². The van der Waals surface area contributed by atoms with Crippen LogP contribution < -0.4 is 4.72 Å². The largest absolute Gasteiger partial charge is 0.346 e. The summed E-state index contributed by atoms with van der Waals surface area (Å²) < 4.78 is 25.8. The first kappa shape index (κ1) is 15.1. The minimum atomic E-state index is -3.42. The van der Waals surface area contributed by atoms with Crippen molar-refractivity contribution in [2.24, 2.45) is 0 Å². The number of anilines is 1. The van der Waals surface area contributed by atoms with Gasteiger partial charge in [-0.25, -0.2) is 13.4 Å². The molecule has 0 atom stereocenters. The van der Waals surface area contributed by atoms with E-state index in [1.165, 1.54) is 0 Å². The lowest BCUT2D eigenvalue weighted by Gasteiger charge is -2.10. The Morgan fingerprint density at radius 1 is 1.30 bits per heavy atom. The maximum absolute atomic E-state index is 11.7. The standard InChI is InChI=1S/C16H14N4O2S/c1-2-23(21,22)20-15-4-3-11(9-12(15)10-17)13-5-7-18-16-14(13)6-8-19-16/h3-9,20H,2H2,1H3,(H,18,19). The molecule has 3 rings (SSSR count). The predicted octanol–water partition coefficient (Wildman–Crippen LogP) is 2.86. The molecule has 0 radical (unpaired) electrons. The van der Waals surface area contributed by atoms with Crippen molar-refractivity contribution in [1.29, 1.82) is 5.26 Å². The van der Waals surface area contributed by atoms with Crippen molar-refractivity contribution in [2.45, 2.75) is 6.92 Å². The highest BCUT2D eigenvalue weighted by Crippen LogP contribution is 2.30. The lowest BCUT2D eigenvalue weighted by Crippen LogP contribution is -2.15. The number of fused-ring (bicyclic) bond motifs is 1. The van der Waals surface area contributed by atoms with E-state index in [9.17, 15) is 13.7 Å². The zero-order chi connectivity index (χ0) is 16.4. The van der Waals surface area contributed by atoms with Gasteiger partial charge in [0, 0.05) is 17.8 Å². The summed E-state index contributed by atoms with van der Waals surface area (Å²) >= 11 is 0. The van der Waals surface area contributed by atoms with Gasteiger partial charge in [0.05, 0.1) is 17.0 Å².